The van der Waals surface area contributed by atoms with Gasteiger partial charge in [0, 0.05) is 4.47 Å². The zero-order chi connectivity index (χ0) is 9.14. The van der Waals surface area contributed by atoms with E-state index in [9.17, 15) is 0 Å². The largest absolute Gasteiger partial charge is 0.398 e. The van der Waals surface area contributed by atoms with E-state index >= 15 is 0 Å². The molecule has 4 heteroatoms. The average Bonchev–Trinajstić information content (AvgIpc) is 2.08. The molecule has 0 radical (unpaired) electrons. The molecule has 0 bridgehead atoms. The monoisotopic (exact) mass is 221 g/mol. The fraction of sp³-hybridized carbons (Fsp3) is 0. The third-order valence-electron chi connectivity index (χ3n) is 1.38. The molecule has 0 saturated heterocycles. The Bertz CT molecular complexity index is 358. The van der Waals surface area contributed by atoms with Gasteiger partial charge in [0.05, 0.1) is 16.8 Å². The SMILES string of the molecule is N#Cc1cc(Br)c(C#N)cc1N. The maximum absolute atomic E-state index is 8.59. The van der Waals surface area contributed by atoms with E-state index in [1.165, 1.54) is 12.1 Å². The van der Waals surface area contributed by atoms with Gasteiger partial charge in [0.15, 0.2) is 0 Å². The molecule has 12 heavy (non-hydrogen) atoms. The Labute approximate surface area is 78.2 Å². The molecule has 0 atom stereocenters. The van der Waals surface area contributed by atoms with Crippen molar-refractivity contribution >= 4 is 21.6 Å². The molecule has 0 aliphatic carbocycles. The number of hydrogen-bond acceptors (Lipinski definition) is 3. The predicted molar refractivity (Wildman–Crippen MR) is 48.0 cm³/mol. The fourth-order valence-corrected chi connectivity index (χ4v) is 1.20. The molecule has 0 aliphatic heterocycles. The van der Waals surface area contributed by atoms with Gasteiger partial charge in [0.2, 0.25) is 0 Å². The van der Waals surface area contributed by atoms with Crippen LogP contribution >= 0.6 is 15.9 Å². The van der Waals surface area contributed by atoms with Crippen LogP contribution in [-0.2, 0) is 0 Å². The molecule has 1 aromatic rings. The molecule has 0 amide bonds. The van der Waals surface area contributed by atoms with Crippen LogP contribution in [0.2, 0.25) is 0 Å². The number of halogens is 1. The van der Waals surface area contributed by atoms with E-state index < -0.39 is 0 Å². The quantitative estimate of drug-likeness (QED) is 0.679. The summed E-state index contributed by atoms with van der Waals surface area (Å²) in [6, 6.07) is 6.88. The van der Waals surface area contributed by atoms with Crippen molar-refractivity contribution in [2.75, 3.05) is 5.73 Å². The Kier molecular flexibility index (Phi) is 2.32. The van der Waals surface area contributed by atoms with Crippen molar-refractivity contribution in [2.24, 2.45) is 0 Å². The normalized spacial score (nSPS) is 8.58. The van der Waals surface area contributed by atoms with Crippen molar-refractivity contribution in [1.82, 2.24) is 0 Å². The summed E-state index contributed by atoms with van der Waals surface area (Å²) in [6.07, 6.45) is 0. The van der Waals surface area contributed by atoms with Crippen LogP contribution in [0.1, 0.15) is 11.1 Å². The highest BCUT2D eigenvalue weighted by molar-refractivity contribution is 9.10. The van der Waals surface area contributed by atoms with Crippen molar-refractivity contribution in [1.29, 1.82) is 10.5 Å². The van der Waals surface area contributed by atoms with Gasteiger partial charge in [-0.05, 0) is 28.1 Å². The first-order valence-electron chi connectivity index (χ1n) is 3.08. The number of nitriles is 2. The minimum absolute atomic E-state index is 0.331. The van der Waals surface area contributed by atoms with Crippen LogP contribution in [0.25, 0.3) is 0 Å². The van der Waals surface area contributed by atoms with Gasteiger partial charge >= 0.3 is 0 Å². The Morgan fingerprint density at radius 1 is 1.17 bits per heavy atom. The van der Waals surface area contributed by atoms with Crippen LogP contribution in [0.4, 0.5) is 5.69 Å². The smallest absolute Gasteiger partial charge is 0.101 e. The third kappa shape index (κ3) is 1.39. The summed E-state index contributed by atoms with van der Waals surface area (Å²) < 4.78 is 0.593. The van der Waals surface area contributed by atoms with E-state index in [1.807, 2.05) is 12.1 Å². The highest BCUT2D eigenvalue weighted by atomic mass is 79.9. The van der Waals surface area contributed by atoms with Crippen LogP contribution in [0.5, 0.6) is 0 Å². The van der Waals surface area contributed by atoms with E-state index in [-0.39, 0.29) is 0 Å². The summed E-state index contributed by atoms with van der Waals surface area (Å²) in [5.41, 5.74) is 6.63. The highest BCUT2D eigenvalue weighted by Crippen LogP contribution is 2.22. The van der Waals surface area contributed by atoms with Gasteiger partial charge in [0.25, 0.3) is 0 Å². The molecule has 0 spiro atoms. The summed E-state index contributed by atoms with van der Waals surface area (Å²) in [4.78, 5) is 0. The van der Waals surface area contributed by atoms with Crippen LogP contribution in [0.3, 0.4) is 0 Å². The van der Waals surface area contributed by atoms with Crippen LogP contribution < -0.4 is 5.73 Å². The van der Waals surface area contributed by atoms with E-state index in [0.29, 0.717) is 21.3 Å². The second-order valence-electron chi connectivity index (χ2n) is 2.14. The van der Waals surface area contributed by atoms with Crippen molar-refractivity contribution in [3.8, 4) is 12.1 Å². The zero-order valence-electron chi connectivity index (χ0n) is 6.00. The summed E-state index contributed by atoms with van der Waals surface area (Å²) in [5, 5.41) is 17.2. The number of nitrogens with zero attached hydrogens (tertiary/aromatic N) is 2. The van der Waals surface area contributed by atoms with E-state index in [4.69, 9.17) is 16.3 Å². The topological polar surface area (TPSA) is 73.6 Å². The second-order valence-corrected chi connectivity index (χ2v) is 3.00. The number of benzene rings is 1. The summed E-state index contributed by atoms with van der Waals surface area (Å²) >= 11 is 3.15. The molecule has 0 aromatic heterocycles. The maximum Gasteiger partial charge on any atom is 0.101 e. The second kappa shape index (κ2) is 3.25. The number of anilines is 1. The van der Waals surface area contributed by atoms with Gasteiger partial charge in [-0.1, -0.05) is 0 Å². The predicted octanol–water partition coefficient (Wildman–Crippen LogP) is 1.77. The molecule has 0 unspecified atom stereocenters. The molecule has 58 valence electrons. The molecular formula is C8H4BrN3. The van der Waals surface area contributed by atoms with E-state index in [2.05, 4.69) is 15.9 Å². The lowest BCUT2D eigenvalue weighted by Crippen LogP contribution is -1.92. The molecule has 0 heterocycles. The number of hydrogen-bond donors (Lipinski definition) is 1. The standard InChI is InChI=1S/C8H4BrN3/c9-7-1-6(4-11)8(12)2-5(7)3-10/h1-2H,12H2. The number of rotatable bonds is 0. The highest BCUT2D eigenvalue weighted by Gasteiger charge is 2.04. The van der Waals surface area contributed by atoms with Crippen LogP contribution in [0.15, 0.2) is 16.6 Å². The minimum Gasteiger partial charge on any atom is -0.398 e. The number of nitrogen functional groups attached to an aromatic ring is 1. The lowest BCUT2D eigenvalue weighted by molar-refractivity contribution is 1.43. The van der Waals surface area contributed by atoms with E-state index in [0.717, 1.165) is 0 Å². The first-order valence-corrected chi connectivity index (χ1v) is 3.87. The van der Waals surface area contributed by atoms with Crippen molar-refractivity contribution < 1.29 is 0 Å². The summed E-state index contributed by atoms with van der Waals surface area (Å²) in [7, 11) is 0. The lowest BCUT2D eigenvalue weighted by Gasteiger charge is -1.99. The van der Waals surface area contributed by atoms with Gasteiger partial charge in [-0.15, -0.1) is 0 Å². The Morgan fingerprint density at radius 3 is 2.25 bits per heavy atom. The summed E-state index contributed by atoms with van der Waals surface area (Å²) in [6.45, 7) is 0. The Morgan fingerprint density at radius 2 is 1.75 bits per heavy atom. The van der Waals surface area contributed by atoms with Gasteiger partial charge in [-0.3, -0.25) is 0 Å². The number of nitrogens with two attached hydrogens (primary N) is 1. The Hall–Kier alpha value is -1.52. The van der Waals surface area contributed by atoms with Gasteiger partial charge < -0.3 is 5.73 Å². The first kappa shape index (κ1) is 8.58. The first-order chi connectivity index (χ1) is 5.69. The van der Waals surface area contributed by atoms with Gasteiger partial charge in [-0.25, -0.2) is 0 Å². The molecule has 0 fully saturated rings. The molecule has 2 N–H and O–H groups in total. The zero-order valence-corrected chi connectivity index (χ0v) is 7.59. The third-order valence-corrected chi connectivity index (χ3v) is 2.04. The Balaban J connectivity index is 3.41. The average molecular weight is 222 g/mol. The van der Waals surface area contributed by atoms with Crippen molar-refractivity contribution in [3.63, 3.8) is 0 Å². The van der Waals surface area contributed by atoms with Crippen LogP contribution in [0, 0.1) is 22.7 Å². The molecule has 1 rings (SSSR count). The van der Waals surface area contributed by atoms with Gasteiger partial charge in [-0.2, -0.15) is 10.5 Å². The minimum atomic E-state index is 0.331. The maximum atomic E-state index is 8.59. The summed E-state index contributed by atoms with van der Waals surface area (Å²) in [5.74, 6) is 0. The van der Waals surface area contributed by atoms with Gasteiger partial charge in [0.1, 0.15) is 12.1 Å². The molecule has 1 aromatic carbocycles. The van der Waals surface area contributed by atoms with Crippen molar-refractivity contribution in [2.45, 2.75) is 0 Å². The van der Waals surface area contributed by atoms with Crippen LogP contribution in [-0.4, -0.2) is 0 Å². The molecule has 0 aliphatic rings. The lowest BCUT2D eigenvalue weighted by atomic mass is 10.1. The molecule has 0 saturated carbocycles. The van der Waals surface area contributed by atoms with Crippen molar-refractivity contribution in [3.05, 3.63) is 27.7 Å². The molecule has 3 nitrogen and oxygen atoms in total. The van der Waals surface area contributed by atoms with E-state index in [1.54, 1.807) is 0 Å². The fourth-order valence-electron chi connectivity index (χ4n) is 0.773. The molecular weight excluding hydrogens is 218 g/mol.